The Morgan fingerprint density at radius 2 is 1.59 bits per heavy atom. The number of anilines is 1. The molecule has 1 aromatic rings. The summed E-state index contributed by atoms with van der Waals surface area (Å²) in [5.74, 6) is 1.09. The highest BCUT2D eigenvalue weighted by Gasteiger charge is 2.08. The van der Waals surface area contributed by atoms with Gasteiger partial charge in [-0.05, 0) is 31.4 Å². The number of nitrogens with zero attached hydrogens (tertiary/aromatic N) is 1. The second-order valence-corrected chi connectivity index (χ2v) is 2.99. The fraction of sp³-hybridized carbons (Fsp3) is 0.667. The van der Waals surface area contributed by atoms with Crippen LogP contribution in [-0.4, -0.2) is 11.5 Å². The quantitative estimate of drug-likeness (QED) is 0.700. The van der Waals surface area contributed by atoms with E-state index < -0.39 is 0 Å². The van der Waals surface area contributed by atoms with Crippen molar-refractivity contribution in [3.05, 3.63) is 23.4 Å². The van der Waals surface area contributed by atoms with Crippen LogP contribution in [0.4, 0.5) is 5.82 Å². The Hall–Kier alpha value is -1.05. The van der Waals surface area contributed by atoms with Gasteiger partial charge in [-0.1, -0.05) is 47.6 Å². The largest absolute Gasteiger partial charge is 0.370 e. The van der Waals surface area contributed by atoms with E-state index in [4.69, 9.17) is 0 Å². The third-order valence-electron chi connectivity index (χ3n) is 2.03. The summed E-state index contributed by atoms with van der Waals surface area (Å²) in [6, 6.07) is 4.25. The summed E-state index contributed by atoms with van der Waals surface area (Å²) in [6.45, 7) is 15.1. The van der Waals surface area contributed by atoms with Gasteiger partial charge < -0.3 is 5.32 Å². The molecule has 0 aliphatic carbocycles. The number of nitrogens with one attached hydrogen (secondary N) is 1. The van der Waals surface area contributed by atoms with Gasteiger partial charge in [0.15, 0.2) is 0 Å². The molecule has 2 rings (SSSR count). The van der Waals surface area contributed by atoms with Crippen molar-refractivity contribution >= 4 is 5.82 Å². The molecule has 0 fully saturated rings. The normalized spacial score (nSPS) is 11.0. The van der Waals surface area contributed by atoms with Crippen LogP contribution >= 0.6 is 0 Å². The molecule has 0 saturated carbocycles. The lowest BCUT2D eigenvalue weighted by Gasteiger charge is -2.16. The van der Waals surface area contributed by atoms with Gasteiger partial charge in [0.25, 0.3) is 0 Å². The highest BCUT2D eigenvalue weighted by molar-refractivity contribution is 5.46. The Morgan fingerprint density at radius 1 is 1.00 bits per heavy atom. The van der Waals surface area contributed by atoms with E-state index in [1.807, 2.05) is 48.5 Å². The molecule has 2 nitrogen and oxygen atoms in total. The van der Waals surface area contributed by atoms with Crippen LogP contribution in [0, 0.1) is 6.92 Å². The molecule has 100 valence electrons. The summed E-state index contributed by atoms with van der Waals surface area (Å²) in [4.78, 5) is 4.40. The number of aryl methyl sites for hydroxylation is 2. The summed E-state index contributed by atoms with van der Waals surface area (Å²) in [6.07, 6.45) is 2.41. The van der Waals surface area contributed by atoms with Crippen molar-refractivity contribution in [3.63, 3.8) is 0 Å². The van der Waals surface area contributed by atoms with Crippen LogP contribution in [0.3, 0.4) is 0 Å². The maximum atomic E-state index is 4.40. The number of aromatic nitrogens is 1. The molecule has 0 bridgehead atoms. The first kappa shape index (κ1) is 18.3. The molecule has 0 amide bonds. The van der Waals surface area contributed by atoms with Gasteiger partial charge in [0.05, 0.1) is 0 Å². The lowest BCUT2D eigenvalue weighted by atomic mass is 10.1. The Kier molecular flexibility index (Phi) is 14.0. The predicted molar refractivity (Wildman–Crippen MR) is 79.8 cm³/mol. The average Bonchev–Trinajstić information content (AvgIpc) is 2.45. The zero-order valence-corrected chi connectivity index (χ0v) is 12.7. The van der Waals surface area contributed by atoms with Gasteiger partial charge >= 0.3 is 0 Å². The molecule has 1 aromatic heterocycles. The molecule has 0 saturated heterocycles. The molecule has 1 N–H and O–H groups in total. The SMILES string of the molecule is CC.CC.CC.Cc1ccc2c(n1)NCCC2. The molecular weight excluding hydrogens is 208 g/mol. The second kappa shape index (κ2) is 13.0. The predicted octanol–water partition coefficient (Wildman–Crippen LogP) is 4.83. The van der Waals surface area contributed by atoms with Gasteiger partial charge in [0.1, 0.15) is 5.82 Å². The van der Waals surface area contributed by atoms with Gasteiger partial charge in [-0.25, -0.2) is 4.98 Å². The molecule has 1 aliphatic heterocycles. The molecule has 17 heavy (non-hydrogen) atoms. The molecule has 0 atom stereocenters. The van der Waals surface area contributed by atoms with Gasteiger partial charge in [0, 0.05) is 12.2 Å². The summed E-state index contributed by atoms with van der Waals surface area (Å²) in [7, 11) is 0. The van der Waals surface area contributed by atoms with Gasteiger partial charge in [0.2, 0.25) is 0 Å². The van der Waals surface area contributed by atoms with E-state index in [-0.39, 0.29) is 0 Å². The summed E-state index contributed by atoms with van der Waals surface area (Å²) < 4.78 is 0. The highest BCUT2D eigenvalue weighted by Crippen LogP contribution is 2.18. The summed E-state index contributed by atoms with van der Waals surface area (Å²) >= 11 is 0. The first-order valence-corrected chi connectivity index (χ1v) is 7.07. The third-order valence-corrected chi connectivity index (χ3v) is 2.03. The molecule has 0 radical (unpaired) electrons. The van der Waals surface area contributed by atoms with Crippen molar-refractivity contribution in [1.29, 1.82) is 0 Å². The number of fused-ring (bicyclic) bond motifs is 1. The zero-order valence-electron chi connectivity index (χ0n) is 12.7. The highest BCUT2D eigenvalue weighted by atomic mass is 15.0. The Morgan fingerprint density at radius 3 is 2.18 bits per heavy atom. The minimum absolute atomic E-state index is 1.07. The fourth-order valence-electron chi connectivity index (χ4n) is 1.43. The van der Waals surface area contributed by atoms with Crippen LogP contribution in [0.25, 0.3) is 0 Å². The van der Waals surface area contributed by atoms with Crippen LogP contribution in [0.5, 0.6) is 0 Å². The van der Waals surface area contributed by atoms with Crippen LogP contribution < -0.4 is 5.32 Å². The Balaban J connectivity index is 0. The Labute approximate surface area is 108 Å². The Bertz CT molecular complexity index is 270. The van der Waals surface area contributed by atoms with E-state index in [0.717, 1.165) is 18.1 Å². The lowest BCUT2D eigenvalue weighted by Crippen LogP contribution is -2.13. The monoisotopic (exact) mass is 238 g/mol. The van der Waals surface area contributed by atoms with E-state index in [1.165, 1.54) is 18.4 Å². The number of hydrogen-bond acceptors (Lipinski definition) is 2. The van der Waals surface area contributed by atoms with Crippen molar-refractivity contribution in [3.8, 4) is 0 Å². The summed E-state index contributed by atoms with van der Waals surface area (Å²) in [5.41, 5.74) is 2.46. The van der Waals surface area contributed by atoms with Gasteiger partial charge in [-0.3, -0.25) is 0 Å². The number of rotatable bonds is 0. The van der Waals surface area contributed by atoms with Crippen LogP contribution in [0.1, 0.15) is 59.2 Å². The van der Waals surface area contributed by atoms with Crippen LogP contribution in [0.2, 0.25) is 0 Å². The first-order valence-electron chi connectivity index (χ1n) is 7.07. The van der Waals surface area contributed by atoms with Crippen molar-refractivity contribution < 1.29 is 0 Å². The van der Waals surface area contributed by atoms with Crippen molar-refractivity contribution in [1.82, 2.24) is 4.98 Å². The van der Waals surface area contributed by atoms with E-state index >= 15 is 0 Å². The minimum Gasteiger partial charge on any atom is -0.370 e. The molecular formula is C15H30N2. The van der Waals surface area contributed by atoms with Gasteiger partial charge in [-0.15, -0.1) is 0 Å². The maximum absolute atomic E-state index is 4.40. The number of hydrogen-bond donors (Lipinski definition) is 1. The van der Waals surface area contributed by atoms with Crippen molar-refractivity contribution in [2.24, 2.45) is 0 Å². The molecule has 2 heterocycles. The van der Waals surface area contributed by atoms with Crippen molar-refractivity contribution in [2.45, 2.75) is 61.3 Å². The topological polar surface area (TPSA) is 24.9 Å². The standard InChI is InChI=1S/C9H12N2.3C2H6/c1-7-4-5-8-3-2-6-10-9(8)11-7;3*1-2/h4-5H,2-3,6H2,1H3,(H,10,11);3*1-2H3. The lowest BCUT2D eigenvalue weighted by molar-refractivity contribution is 0.815. The molecule has 0 spiro atoms. The molecule has 2 heteroatoms. The van der Waals surface area contributed by atoms with Crippen molar-refractivity contribution in [2.75, 3.05) is 11.9 Å². The molecule has 0 aromatic carbocycles. The van der Waals surface area contributed by atoms with E-state index in [1.54, 1.807) is 0 Å². The van der Waals surface area contributed by atoms with E-state index in [0.29, 0.717) is 0 Å². The first-order chi connectivity index (χ1) is 8.36. The van der Waals surface area contributed by atoms with Crippen LogP contribution in [0.15, 0.2) is 12.1 Å². The fourth-order valence-corrected chi connectivity index (χ4v) is 1.43. The molecule has 0 unspecified atom stereocenters. The van der Waals surface area contributed by atoms with Gasteiger partial charge in [-0.2, -0.15) is 0 Å². The van der Waals surface area contributed by atoms with Crippen LogP contribution in [-0.2, 0) is 6.42 Å². The summed E-state index contributed by atoms with van der Waals surface area (Å²) in [5, 5.41) is 3.29. The molecule has 1 aliphatic rings. The van der Waals surface area contributed by atoms with E-state index in [2.05, 4.69) is 22.4 Å². The second-order valence-electron chi connectivity index (χ2n) is 2.99. The maximum Gasteiger partial charge on any atom is 0.129 e. The zero-order chi connectivity index (χ0) is 13.7. The third kappa shape index (κ3) is 6.98. The smallest absolute Gasteiger partial charge is 0.129 e. The average molecular weight is 238 g/mol. The minimum atomic E-state index is 1.07. The van der Waals surface area contributed by atoms with E-state index in [9.17, 15) is 0 Å². The number of pyridine rings is 1.